The molecule has 1 atom stereocenters. The maximum absolute atomic E-state index is 13.1. The van der Waals surface area contributed by atoms with E-state index in [-0.39, 0.29) is 23.6 Å². The van der Waals surface area contributed by atoms with Crippen LogP contribution in [0.15, 0.2) is 85.2 Å². The lowest BCUT2D eigenvalue weighted by Crippen LogP contribution is -2.34. The Morgan fingerprint density at radius 1 is 0.902 bits per heavy atom. The number of nitrogens with zero attached hydrogens (tertiary/aromatic N) is 7. The highest BCUT2D eigenvalue weighted by molar-refractivity contribution is 6.20. The molecule has 3 aromatic carbocycles. The van der Waals surface area contributed by atoms with Crippen molar-refractivity contribution in [1.82, 2.24) is 40.4 Å². The second kappa shape index (κ2) is 15.2. The summed E-state index contributed by atoms with van der Waals surface area (Å²) in [6.45, 7) is 6.72. The second-order valence-corrected chi connectivity index (χ2v) is 12.7. The van der Waals surface area contributed by atoms with Crippen molar-refractivity contribution in [3.8, 4) is 22.6 Å². The summed E-state index contributed by atoms with van der Waals surface area (Å²) in [5.74, 6) is 0.194. The van der Waals surface area contributed by atoms with E-state index in [1.54, 1.807) is 49.7 Å². The van der Waals surface area contributed by atoms with Crippen LogP contribution in [0.2, 0.25) is 0 Å². The molecule has 1 aliphatic heterocycles. The third kappa shape index (κ3) is 8.75. The Morgan fingerprint density at radius 3 is 2.25 bits per heavy atom. The number of benzene rings is 3. The number of ether oxygens (including phenoxy) is 3. The molecule has 0 spiro atoms. The molecule has 264 valence electrons. The molecule has 5 aromatic rings. The van der Waals surface area contributed by atoms with E-state index in [0.717, 1.165) is 27.5 Å². The standard InChI is InChI=1S/C36H38N8O7/c1-36(2,3)50-35(47)37-18-7-19-42-22-26(20-38-42)25-12-16-28(17-13-25)49-23-31(51-44-33(45)29-8-5-6-9-30(29)34(44)46)32-39-41-43(40-32)21-24-10-14-27(48-4)15-11-24/h5-6,8-17,20,22,31H,7,18-19,21,23H2,1-4H3,(H,37,47). The number of carbonyl (C=O) groups excluding carboxylic acids is 3. The average Bonchev–Trinajstić information content (AvgIpc) is 3.84. The van der Waals surface area contributed by atoms with Crippen molar-refractivity contribution < 1.29 is 33.4 Å². The average molecular weight is 695 g/mol. The SMILES string of the molecule is COc1ccc(Cn2nnc(C(COc3ccc(-c4cnn(CCCNC(=O)OC(C)(C)C)c4)cc3)ON3C(=O)c4ccccc4C3=O)n2)cc1. The first-order valence-corrected chi connectivity index (χ1v) is 16.3. The van der Waals surface area contributed by atoms with E-state index in [1.165, 1.54) is 4.80 Å². The van der Waals surface area contributed by atoms with Crippen LogP contribution >= 0.6 is 0 Å². The van der Waals surface area contributed by atoms with Crippen molar-refractivity contribution in [2.45, 2.75) is 52.0 Å². The zero-order chi connectivity index (χ0) is 36.0. The van der Waals surface area contributed by atoms with Gasteiger partial charge in [0, 0.05) is 24.8 Å². The maximum atomic E-state index is 13.1. The third-order valence-electron chi connectivity index (χ3n) is 7.68. The number of nitrogens with one attached hydrogen (secondary N) is 1. The van der Waals surface area contributed by atoms with Crippen molar-refractivity contribution in [3.63, 3.8) is 0 Å². The molecular formula is C36H38N8O7. The van der Waals surface area contributed by atoms with E-state index in [1.807, 2.05) is 68.0 Å². The Morgan fingerprint density at radius 2 is 1.59 bits per heavy atom. The molecule has 0 saturated heterocycles. The van der Waals surface area contributed by atoms with E-state index < -0.39 is 29.6 Å². The molecule has 6 rings (SSSR count). The molecule has 0 bridgehead atoms. The van der Waals surface area contributed by atoms with Gasteiger partial charge in [-0.2, -0.15) is 9.90 Å². The fourth-order valence-electron chi connectivity index (χ4n) is 5.18. The van der Waals surface area contributed by atoms with E-state index in [0.29, 0.717) is 31.8 Å². The quantitative estimate of drug-likeness (QED) is 0.125. The Balaban J connectivity index is 1.09. The van der Waals surface area contributed by atoms with E-state index in [2.05, 4.69) is 25.8 Å². The number of tetrazole rings is 1. The molecule has 2 aromatic heterocycles. The zero-order valence-corrected chi connectivity index (χ0v) is 28.7. The summed E-state index contributed by atoms with van der Waals surface area (Å²) in [6, 6.07) is 21.3. The first-order chi connectivity index (χ1) is 24.6. The minimum Gasteiger partial charge on any atom is -0.497 e. The van der Waals surface area contributed by atoms with Crippen LogP contribution in [0.3, 0.4) is 0 Å². The molecule has 51 heavy (non-hydrogen) atoms. The highest BCUT2D eigenvalue weighted by Gasteiger charge is 2.39. The summed E-state index contributed by atoms with van der Waals surface area (Å²) >= 11 is 0. The second-order valence-electron chi connectivity index (χ2n) is 12.7. The first-order valence-electron chi connectivity index (χ1n) is 16.3. The van der Waals surface area contributed by atoms with E-state index in [4.69, 9.17) is 19.0 Å². The molecule has 15 heteroatoms. The van der Waals surface area contributed by atoms with Crippen LogP contribution in [-0.4, -0.2) is 78.8 Å². The van der Waals surface area contributed by atoms with Crippen molar-refractivity contribution in [1.29, 1.82) is 0 Å². The molecule has 15 nitrogen and oxygen atoms in total. The maximum Gasteiger partial charge on any atom is 0.407 e. The summed E-state index contributed by atoms with van der Waals surface area (Å²) in [6.07, 6.45) is 2.88. The summed E-state index contributed by atoms with van der Waals surface area (Å²) in [5, 5.41) is 20.7. The normalized spacial score (nSPS) is 13.2. The number of carbonyl (C=O) groups is 3. The zero-order valence-electron chi connectivity index (χ0n) is 28.7. The fraction of sp³-hybridized carbons (Fsp3) is 0.306. The molecule has 0 aliphatic carbocycles. The Hall–Kier alpha value is -6.09. The number of alkyl carbamates (subject to hydrolysis) is 1. The van der Waals surface area contributed by atoms with Gasteiger partial charge in [-0.25, -0.2) is 9.63 Å². The van der Waals surface area contributed by atoms with Crippen LogP contribution in [0, 0.1) is 0 Å². The topological polar surface area (TPSA) is 165 Å². The number of hydroxylamine groups is 2. The predicted octanol–water partition coefficient (Wildman–Crippen LogP) is 4.86. The van der Waals surface area contributed by atoms with Crippen LogP contribution in [0.5, 0.6) is 11.5 Å². The number of hydrogen-bond donors (Lipinski definition) is 1. The molecule has 3 amide bonds. The number of hydrogen-bond acceptors (Lipinski definition) is 11. The summed E-state index contributed by atoms with van der Waals surface area (Å²) in [4.78, 5) is 45.4. The van der Waals surface area contributed by atoms with Crippen LogP contribution in [0.1, 0.15) is 65.4 Å². The number of methoxy groups -OCH3 is 1. The van der Waals surface area contributed by atoms with Gasteiger partial charge in [-0.15, -0.1) is 15.3 Å². The van der Waals surface area contributed by atoms with Gasteiger partial charge < -0.3 is 19.5 Å². The van der Waals surface area contributed by atoms with Crippen molar-refractivity contribution in [3.05, 3.63) is 108 Å². The number of amides is 3. The van der Waals surface area contributed by atoms with Crippen LogP contribution in [-0.2, 0) is 22.7 Å². The lowest BCUT2D eigenvalue weighted by Gasteiger charge is -2.20. The minimum atomic E-state index is -1.06. The van der Waals surface area contributed by atoms with Crippen molar-refractivity contribution >= 4 is 17.9 Å². The van der Waals surface area contributed by atoms with Gasteiger partial charge in [0.15, 0.2) is 6.10 Å². The van der Waals surface area contributed by atoms with Gasteiger partial charge in [-0.05, 0) is 79.9 Å². The lowest BCUT2D eigenvalue weighted by molar-refractivity contribution is -0.146. The monoisotopic (exact) mass is 694 g/mol. The fourth-order valence-corrected chi connectivity index (χ4v) is 5.18. The van der Waals surface area contributed by atoms with Crippen molar-refractivity contribution in [2.75, 3.05) is 20.3 Å². The Labute approximate surface area is 294 Å². The van der Waals surface area contributed by atoms with E-state index >= 15 is 0 Å². The minimum absolute atomic E-state index is 0.129. The van der Waals surface area contributed by atoms with Gasteiger partial charge in [0.05, 0.1) is 31.0 Å². The number of fused-ring (bicyclic) bond motifs is 1. The summed E-state index contributed by atoms with van der Waals surface area (Å²) < 4.78 is 18.4. The number of rotatable bonds is 14. The largest absolute Gasteiger partial charge is 0.497 e. The van der Waals surface area contributed by atoms with Gasteiger partial charge in [0.1, 0.15) is 23.7 Å². The van der Waals surface area contributed by atoms with Crippen LogP contribution in [0.25, 0.3) is 11.1 Å². The number of aromatic nitrogens is 6. The van der Waals surface area contributed by atoms with Gasteiger partial charge >= 0.3 is 6.09 Å². The number of imide groups is 1. The Bertz CT molecular complexity index is 1950. The van der Waals surface area contributed by atoms with Crippen molar-refractivity contribution in [2.24, 2.45) is 0 Å². The molecule has 0 saturated carbocycles. The van der Waals surface area contributed by atoms with Gasteiger partial charge in [-0.3, -0.25) is 14.3 Å². The Kier molecular flexibility index (Phi) is 10.4. The molecule has 1 aliphatic rings. The highest BCUT2D eigenvalue weighted by atomic mass is 16.7. The molecular weight excluding hydrogens is 656 g/mol. The molecule has 0 radical (unpaired) electrons. The molecule has 0 fully saturated rings. The molecule has 1 unspecified atom stereocenters. The molecule has 1 N–H and O–H groups in total. The third-order valence-corrected chi connectivity index (χ3v) is 7.68. The van der Waals surface area contributed by atoms with Crippen LogP contribution in [0.4, 0.5) is 4.79 Å². The molecule has 3 heterocycles. The van der Waals surface area contributed by atoms with Crippen LogP contribution < -0.4 is 14.8 Å². The predicted molar refractivity (Wildman–Crippen MR) is 183 cm³/mol. The summed E-state index contributed by atoms with van der Waals surface area (Å²) in [5.41, 5.74) is 2.68. The smallest absolute Gasteiger partial charge is 0.407 e. The first kappa shape index (κ1) is 34.8. The lowest BCUT2D eigenvalue weighted by atomic mass is 10.1. The van der Waals surface area contributed by atoms with E-state index in [9.17, 15) is 14.4 Å². The number of aryl methyl sites for hydroxylation is 1. The van der Waals surface area contributed by atoms with Gasteiger partial charge in [0.25, 0.3) is 11.8 Å². The highest BCUT2D eigenvalue weighted by Crippen LogP contribution is 2.28. The summed E-state index contributed by atoms with van der Waals surface area (Å²) in [7, 11) is 1.60. The van der Waals surface area contributed by atoms with Gasteiger partial charge in [0.2, 0.25) is 5.82 Å². The van der Waals surface area contributed by atoms with Gasteiger partial charge in [-0.1, -0.05) is 36.4 Å².